The van der Waals surface area contributed by atoms with Gasteiger partial charge in [-0.05, 0) is 42.5 Å². The van der Waals surface area contributed by atoms with Crippen LogP contribution in [0, 0.1) is 5.82 Å². The predicted molar refractivity (Wildman–Crippen MR) is 88.3 cm³/mol. The van der Waals surface area contributed by atoms with Crippen LogP contribution >= 0.6 is 0 Å². The van der Waals surface area contributed by atoms with Gasteiger partial charge in [0.05, 0.1) is 22.4 Å². The summed E-state index contributed by atoms with van der Waals surface area (Å²) in [6.07, 6.45) is 0. The Morgan fingerprint density at radius 1 is 1.04 bits per heavy atom. The highest BCUT2D eigenvalue weighted by Crippen LogP contribution is 2.29. The molecule has 0 spiro atoms. The van der Waals surface area contributed by atoms with E-state index in [1.807, 2.05) is 0 Å². The number of imide groups is 1. The number of carbonyl (C=O) groups is 4. The van der Waals surface area contributed by atoms with Crippen molar-refractivity contribution in [3.05, 3.63) is 65.0 Å². The topological polar surface area (TPSA) is 92.8 Å². The van der Waals surface area contributed by atoms with Crippen molar-refractivity contribution in [3.63, 3.8) is 0 Å². The number of halogens is 1. The van der Waals surface area contributed by atoms with Crippen LogP contribution in [0.2, 0.25) is 0 Å². The molecule has 0 aromatic heterocycles. The van der Waals surface area contributed by atoms with Gasteiger partial charge < -0.3 is 10.1 Å². The molecule has 1 aliphatic heterocycles. The second-order valence-corrected chi connectivity index (χ2v) is 5.43. The quantitative estimate of drug-likeness (QED) is 0.662. The Hall–Kier alpha value is -3.55. The Labute approximate surface area is 147 Å². The van der Waals surface area contributed by atoms with Crippen molar-refractivity contribution in [2.24, 2.45) is 0 Å². The van der Waals surface area contributed by atoms with Crippen molar-refractivity contribution < 1.29 is 28.3 Å². The molecular weight excluding hydrogens is 343 g/mol. The van der Waals surface area contributed by atoms with Crippen LogP contribution < -0.4 is 10.2 Å². The number of hydrogen-bond donors (Lipinski definition) is 1. The summed E-state index contributed by atoms with van der Waals surface area (Å²) >= 11 is 0. The zero-order valence-electron chi connectivity index (χ0n) is 13.6. The Morgan fingerprint density at radius 2 is 1.69 bits per heavy atom. The molecule has 0 atom stereocenters. The first-order valence-electron chi connectivity index (χ1n) is 7.58. The molecule has 7 nitrogen and oxygen atoms in total. The lowest BCUT2D eigenvalue weighted by Crippen LogP contribution is -2.29. The first-order valence-corrected chi connectivity index (χ1v) is 7.58. The zero-order chi connectivity index (χ0) is 18.8. The van der Waals surface area contributed by atoms with E-state index in [0.29, 0.717) is 0 Å². The molecule has 1 aliphatic rings. The number of hydrogen-bond acceptors (Lipinski definition) is 5. The molecule has 0 radical (unpaired) electrons. The van der Waals surface area contributed by atoms with Gasteiger partial charge >= 0.3 is 5.97 Å². The molecular formula is C18H13FN2O5. The van der Waals surface area contributed by atoms with Gasteiger partial charge in [0.1, 0.15) is 5.82 Å². The van der Waals surface area contributed by atoms with Gasteiger partial charge in [-0.15, -0.1) is 0 Å². The summed E-state index contributed by atoms with van der Waals surface area (Å²) in [5.41, 5.74) is 0.423. The highest BCUT2D eigenvalue weighted by molar-refractivity contribution is 6.34. The monoisotopic (exact) mass is 356 g/mol. The van der Waals surface area contributed by atoms with Gasteiger partial charge in [0.25, 0.3) is 17.7 Å². The van der Waals surface area contributed by atoms with Gasteiger partial charge in [-0.1, -0.05) is 0 Å². The number of benzene rings is 2. The summed E-state index contributed by atoms with van der Waals surface area (Å²) in [6.45, 7) is -0.457. The van der Waals surface area contributed by atoms with Gasteiger partial charge in [0, 0.05) is 7.05 Å². The van der Waals surface area contributed by atoms with Crippen LogP contribution in [0.3, 0.4) is 0 Å². The maximum atomic E-state index is 13.1. The van der Waals surface area contributed by atoms with Crippen LogP contribution in [0.5, 0.6) is 0 Å². The molecule has 3 amide bonds. The number of rotatable bonds is 4. The summed E-state index contributed by atoms with van der Waals surface area (Å²) in [5.74, 6) is -2.96. The SMILES string of the molecule is CNC(=O)COC(=O)c1ccc2c(c1)C(=O)N(c1ccc(F)cc1)C2=O. The molecule has 132 valence electrons. The Morgan fingerprint density at radius 3 is 2.35 bits per heavy atom. The van der Waals surface area contributed by atoms with Crippen LogP contribution in [0.15, 0.2) is 42.5 Å². The van der Waals surface area contributed by atoms with Crippen molar-refractivity contribution in [3.8, 4) is 0 Å². The second-order valence-electron chi connectivity index (χ2n) is 5.43. The smallest absolute Gasteiger partial charge is 0.338 e. The fourth-order valence-electron chi connectivity index (χ4n) is 2.48. The third kappa shape index (κ3) is 3.04. The lowest BCUT2D eigenvalue weighted by atomic mass is 10.1. The third-order valence-electron chi connectivity index (χ3n) is 3.82. The maximum absolute atomic E-state index is 13.1. The van der Waals surface area contributed by atoms with Gasteiger partial charge in [0.15, 0.2) is 6.61 Å². The van der Waals surface area contributed by atoms with Crippen molar-refractivity contribution in [1.29, 1.82) is 0 Å². The van der Waals surface area contributed by atoms with Gasteiger partial charge in [0.2, 0.25) is 0 Å². The molecule has 0 fully saturated rings. The molecule has 8 heteroatoms. The summed E-state index contributed by atoms with van der Waals surface area (Å²) in [7, 11) is 1.40. The van der Waals surface area contributed by atoms with E-state index in [9.17, 15) is 23.6 Å². The van der Waals surface area contributed by atoms with E-state index in [-0.39, 0.29) is 22.4 Å². The van der Waals surface area contributed by atoms with E-state index in [2.05, 4.69) is 5.32 Å². The summed E-state index contributed by atoms with van der Waals surface area (Å²) in [4.78, 5) is 49.1. The Balaban J connectivity index is 1.87. The van der Waals surface area contributed by atoms with Crippen LogP contribution in [0.4, 0.5) is 10.1 Å². The van der Waals surface area contributed by atoms with Crippen LogP contribution in [0.25, 0.3) is 0 Å². The number of carbonyl (C=O) groups excluding carboxylic acids is 4. The molecule has 0 saturated carbocycles. The average Bonchev–Trinajstić information content (AvgIpc) is 2.90. The average molecular weight is 356 g/mol. The van der Waals surface area contributed by atoms with Gasteiger partial charge in [-0.25, -0.2) is 14.1 Å². The highest BCUT2D eigenvalue weighted by Gasteiger charge is 2.37. The molecule has 0 bridgehead atoms. The van der Waals surface area contributed by atoms with E-state index in [0.717, 1.165) is 17.0 Å². The van der Waals surface area contributed by atoms with E-state index >= 15 is 0 Å². The van der Waals surface area contributed by atoms with Crippen LogP contribution in [-0.2, 0) is 9.53 Å². The first kappa shape index (κ1) is 17.3. The normalized spacial score (nSPS) is 12.8. The predicted octanol–water partition coefficient (Wildman–Crippen LogP) is 1.53. The number of nitrogens with one attached hydrogen (secondary N) is 1. The largest absolute Gasteiger partial charge is 0.452 e. The maximum Gasteiger partial charge on any atom is 0.338 e. The number of amides is 3. The minimum Gasteiger partial charge on any atom is -0.452 e. The molecule has 0 aliphatic carbocycles. The molecule has 1 heterocycles. The summed E-state index contributed by atoms with van der Waals surface area (Å²) in [5, 5.41) is 2.31. The molecule has 3 rings (SSSR count). The fourth-order valence-corrected chi connectivity index (χ4v) is 2.48. The number of anilines is 1. The molecule has 0 unspecified atom stereocenters. The number of ether oxygens (including phenoxy) is 1. The number of esters is 1. The minimum absolute atomic E-state index is 0.0359. The third-order valence-corrected chi connectivity index (χ3v) is 3.82. The molecule has 26 heavy (non-hydrogen) atoms. The molecule has 2 aromatic rings. The standard InChI is InChI=1S/C18H13FN2O5/c1-20-15(22)9-26-18(25)10-2-7-13-14(8-10)17(24)21(16(13)23)12-5-3-11(19)4-6-12/h2-8H,9H2,1H3,(H,20,22). The van der Waals surface area contributed by atoms with Crippen LogP contribution in [0.1, 0.15) is 31.1 Å². The molecule has 2 aromatic carbocycles. The van der Waals surface area contributed by atoms with Crippen molar-refractivity contribution in [2.75, 3.05) is 18.6 Å². The van der Waals surface area contributed by atoms with E-state index in [1.165, 1.54) is 37.4 Å². The van der Waals surface area contributed by atoms with E-state index < -0.39 is 36.1 Å². The van der Waals surface area contributed by atoms with Crippen molar-refractivity contribution in [2.45, 2.75) is 0 Å². The van der Waals surface area contributed by atoms with Crippen LogP contribution in [-0.4, -0.2) is 37.3 Å². The van der Waals surface area contributed by atoms with Gasteiger partial charge in [-0.2, -0.15) is 0 Å². The molecule has 1 N–H and O–H groups in total. The number of nitrogens with zero attached hydrogens (tertiary/aromatic N) is 1. The lowest BCUT2D eigenvalue weighted by molar-refractivity contribution is -0.123. The Bertz CT molecular complexity index is 924. The summed E-state index contributed by atoms with van der Waals surface area (Å²) in [6, 6.07) is 8.83. The second kappa shape index (κ2) is 6.75. The van der Waals surface area contributed by atoms with Gasteiger partial charge in [-0.3, -0.25) is 14.4 Å². The van der Waals surface area contributed by atoms with Crippen molar-refractivity contribution >= 4 is 29.4 Å². The number of likely N-dealkylation sites (N-methyl/N-ethyl adjacent to an activating group) is 1. The minimum atomic E-state index is -0.795. The van der Waals surface area contributed by atoms with E-state index in [4.69, 9.17) is 4.74 Å². The van der Waals surface area contributed by atoms with E-state index in [1.54, 1.807) is 0 Å². The first-order chi connectivity index (χ1) is 12.4. The zero-order valence-corrected chi connectivity index (χ0v) is 13.6. The Kier molecular flexibility index (Phi) is 4.49. The molecule has 0 saturated heterocycles. The lowest BCUT2D eigenvalue weighted by Gasteiger charge is -2.13. The fraction of sp³-hybridized carbons (Fsp3) is 0.111. The number of fused-ring (bicyclic) bond motifs is 1. The summed E-state index contributed by atoms with van der Waals surface area (Å²) < 4.78 is 17.9. The highest BCUT2D eigenvalue weighted by atomic mass is 19.1. The van der Waals surface area contributed by atoms with Crippen molar-refractivity contribution in [1.82, 2.24) is 5.32 Å².